The van der Waals surface area contributed by atoms with Gasteiger partial charge in [0.2, 0.25) is 5.91 Å². The van der Waals surface area contributed by atoms with Crippen LogP contribution in [0.2, 0.25) is 0 Å². The zero-order chi connectivity index (χ0) is 7.11. The van der Waals surface area contributed by atoms with Crippen molar-refractivity contribution >= 4 is 5.91 Å². The molecule has 4 heteroatoms. The second-order valence-corrected chi connectivity index (χ2v) is 1.73. The molecule has 0 aromatic heterocycles. The lowest BCUT2D eigenvalue weighted by Gasteiger charge is -1.91. The molecule has 0 bridgehead atoms. The Kier molecular flexibility index (Phi) is 4.67. The second-order valence-electron chi connectivity index (χ2n) is 1.73. The molecule has 0 aliphatic carbocycles. The van der Waals surface area contributed by atoms with Crippen molar-refractivity contribution in [1.29, 1.82) is 0 Å². The summed E-state index contributed by atoms with van der Waals surface area (Å²) < 4.78 is 0. The number of nitroso groups, excluding NO2 is 1. The molecule has 1 amide bonds. The predicted octanol–water partition coefficient (Wildman–Crippen LogP) is 0.974. The van der Waals surface area contributed by atoms with E-state index in [1.165, 1.54) is 0 Å². The van der Waals surface area contributed by atoms with Crippen LogP contribution in [-0.2, 0) is 4.79 Å². The lowest BCUT2D eigenvalue weighted by Crippen LogP contribution is -2.15. The van der Waals surface area contributed by atoms with E-state index in [9.17, 15) is 9.70 Å². The molecule has 0 aliphatic rings. The Morgan fingerprint density at radius 2 is 2.33 bits per heavy atom. The minimum absolute atomic E-state index is 0.299. The van der Waals surface area contributed by atoms with Crippen molar-refractivity contribution in [2.24, 2.45) is 5.29 Å². The van der Waals surface area contributed by atoms with Gasteiger partial charge in [0, 0.05) is 6.42 Å². The van der Waals surface area contributed by atoms with Gasteiger partial charge in [-0.3, -0.25) is 4.79 Å². The van der Waals surface area contributed by atoms with E-state index < -0.39 is 0 Å². The van der Waals surface area contributed by atoms with E-state index in [0.717, 1.165) is 12.8 Å². The molecule has 0 aliphatic heterocycles. The first kappa shape index (κ1) is 8.07. The molecule has 0 heterocycles. The molecule has 52 valence electrons. The Morgan fingerprint density at radius 3 is 2.78 bits per heavy atom. The zero-order valence-corrected chi connectivity index (χ0v) is 5.39. The van der Waals surface area contributed by atoms with Gasteiger partial charge >= 0.3 is 0 Å². The molecule has 0 atom stereocenters. The normalized spacial score (nSPS) is 8.56. The van der Waals surface area contributed by atoms with Crippen LogP contribution in [0.3, 0.4) is 0 Å². The highest BCUT2D eigenvalue weighted by molar-refractivity contribution is 5.75. The van der Waals surface area contributed by atoms with Gasteiger partial charge in [-0.1, -0.05) is 13.3 Å². The third-order valence-corrected chi connectivity index (χ3v) is 0.928. The summed E-state index contributed by atoms with van der Waals surface area (Å²) in [7, 11) is 0. The molecule has 0 aromatic rings. The lowest BCUT2D eigenvalue weighted by molar-refractivity contribution is -0.121. The third-order valence-electron chi connectivity index (χ3n) is 0.928. The summed E-state index contributed by atoms with van der Waals surface area (Å²) in [5.41, 5.74) is 1.81. The number of amides is 1. The van der Waals surface area contributed by atoms with Crippen LogP contribution in [-0.4, -0.2) is 5.91 Å². The number of nitrogens with one attached hydrogen (secondary N) is 1. The van der Waals surface area contributed by atoms with Crippen LogP contribution in [0.1, 0.15) is 26.2 Å². The first-order chi connectivity index (χ1) is 4.31. The van der Waals surface area contributed by atoms with Crippen molar-refractivity contribution in [2.45, 2.75) is 26.2 Å². The van der Waals surface area contributed by atoms with Crippen LogP contribution in [0.25, 0.3) is 0 Å². The van der Waals surface area contributed by atoms with Crippen molar-refractivity contribution in [3.63, 3.8) is 0 Å². The van der Waals surface area contributed by atoms with E-state index in [0.29, 0.717) is 6.42 Å². The van der Waals surface area contributed by atoms with Crippen LogP contribution in [0.15, 0.2) is 5.29 Å². The van der Waals surface area contributed by atoms with Crippen molar-refractivity contribution in [2.75, 3.05) is 0 Å². The number of hydrogen-bond donors (Lipinski definition) is 1. The Morgan fingerprint density at radius 1 is 1.67 bits per heavy atom. The molecular weight excluding hydrogens is 120 g/mol. The molecule has 0 saturated carbocycles. The largest absolute Gasteiger partial charge is 0.273 e. The highest BCUT2D eigenvalue weighted by Gasteiger charge is 1.96. The average Bonchev–Trinajstić information content (AvgIpc) is 1.85. The lowest BCUT2D eigenvalue weighted by atomic mass is 10.2. The monoisotopic (exact) mass is 130 g/mol. The molecule has 4 nitrogen and oxygen atoms in total. The molecule has 0 saturated heterocycles. The van der Waals surface area contributed by atoms with Gasteiger partial charge < -0.3 is 0 Å². The Balaban J connectivity index is 3.16. The minimum atomic E-state index is -0.299. The number of nitrogens with zero attached hydrogens (tertiary/aromatic N) is 1. The zero-order valence-electron chi connectivity index (χ0n) is 5.39. The van der Waals surface area contributed by atoms with Crippen molar-refractivity contribution in [3.05, 3.63) is 4.91 Å². The Hall–Kier alpha value is -0.930. The topological polar surface area (TPSA) is 58.5 Å². The molecular formula is C5H10N2O2. The fourth-order valence-corrected chi connectivity index (χ4v) is 0.444. The van der Waals surface area contributed by atoms with Crippen molar-refractivity contribution in [1.82, 2.24) is 5.43 Å². The van der Waals surface area contributed by atoms with Crippen molar-refractivity contribution < 1.29 is 4.79 Å². The number of unbranched alkanes of at least 4 members (excludes halogenated alkanes) is 1. The summed E-state index contributed by atoms with van der Waals surface area (Å²) in [6, 6.07) is 0. The first-order valence-electron chi connectivity index (χ1n) is 2.92. The number of hydrogen-bond acceptors (Lipinski definition) is 3. The van der Waals surface area contributed by atoms with E-state index in [1.54, 1.807) is 0 Å². The summed E-state index contributed by atoms with van der Waals surface area (Å²) in [5, 5.41) is 2.24. The summed E-state index contributed by atoms with van der Waals surface area (Å²) in [6.45, 7) is 1.97. The maximum Gasteiger partial charge on any atom is 0.242 e. The fraction of sp³-hybridized carbons (Fsp3) is 0.800. The summed E-state index contributed by atoms with van der Waals surface area (Å²) in [6.07, 6.45) is 2.15. The quantitative estimate of drug-likeness (QED) is 0.455. The van der Waals surface area contributed by atoms with Gasteiger partial charge in [-0.15, -0.1) is 4.91 Å². The van der Waals surface area contributed by atoms with Gasteiger partial charge in [0.1, 0.15) is 0 Å². The Bertz CT molecular complexity index is 103. The van der Waals surface area contributed by atoms with Crippen LogP contribution >= 0.6 is 0 Å². The van der Waals surface area contributed by atoms with Gasteiger partial charge in [-0.2, -0.15) is 0 Å². The highest BCUT2D eigenvalue weighted by Crippen LogP contribution is 1.92. The fourth-order valence-electron chi connectivity index (χ4n) is 0.444. The van der Waals surface area contributed by atoms with E-state index in [2.05, 4.69) is 5.29 Å². The van der Waals surface area contributed by atoms with E-state index in [-0.39, 0.29) is 5.91 Å². The van der Waals surface area contributed by atoms with E-state index >= 15 is 0 Å². The average molecular weight is 130 g/mol. The second kappa shape index (κ2) is 5.21. The highest BCUT2D eigenvalue weighted by atomic mass is 16.3. The van der Waals surface area contributed by atoms with Crippen LogP contribution in [0.4, 0.5) is 0 Å². The standard InChI is InChI=1S/C5H10N2O2/c1-2-3-4-5(8)6-7-9/h2-4H2,1H3,(H,6,8,9). The smallest absolute Gasteiger partial charge is 0.242 e. The summed E-state index contributed by atoms with van der Waals surface area (Å²) in [4.78, 5) is 19.8. The summed E-state index contributed by atoms with van der Waals surface area (Å²) >= 11 is 0. The number of carbonyl (C=O) groups excluding carboxylic acids is 1. The molecule has 0 rings (SSSR count). The van der Waals surface area contributed by atoms with Crippen LogP contribution in [0.5, 0.6) is 0 Å². The van der Waals surface area contributed by atoms with Gasteiger partial charge in [0.05, 0.1) is 5.29 Å². The Labute approximate surface area is 53.6 Å². The maximum atomic E-state index is 10.4. The molecule has 1 N–H and O–H groups in total. The van der Waals surface area contributed by atoms with E-state index in [1.807, 2.05) is 12.3 Å². The van der Waals surface area contributed by atoms with Gasteiger partial charge in [0.25, 0.3) is 0 Å². The SMILES string of the molecule is CCCCC(=O)NN=O. The molecule has 0 radical (unpaired) electrons. The van der Waals surface area contributed by atoms with Crippen molar-refractivity contribution in [3.8, 4) is 0 Å². The number of carbonyl (C=O) groups is 1. The van der Waals surface area contributed by atoms with E-state index in [4.69, 9.17) is 0 Å². The van der Waals surface area contributed by atoms with Crippen LogP contribution < -0.4 is 5.43 Å². The summed E-state index contributed by atoms with van der Waals surface area (Å²) in [5.74, 6) is -0.299. The minimum Gasteiger partial charge on any atom is -0.273 e. The molecule has 0 fully saturated rings. The predicted molar refractivity (Wildman–Crippen MR) is 33.5 cm³/mol. The van der Waals surface area contributed by atoms with Gasteiger partial charge in [-0.25, -0.2) is 5.43 Å². The van der Waals surface area contributed by atoms with Gasteiger partial charge in [-0.05, 0) is 6.42 Å². The molecule has 0 spiro atoms. The molecule has 0 aromatic carbocycles. The van der Waals surface area contributed by atoms with Crippen LogP contribution in [0, 0.1) is 4.91 Å². The maximum absolute atomic E-state index is 10.4. The third kappa shape index (κ3) is 4.93. The number of rotatable bonds is 4. The molecule has 0 unspecified atom stereocenters. The molecule has 9 heavy (non-hydrogen) atoms. The first-order valence-corrected chi connectivity index (χ1v) is 2.92. The van der Waals surface area contributed by atoms with Gasteiger partial charge in [0.15, 0.2) is 0 Å².